The summed E-state index contributed by atoms with van der Waals surface area (Å²) in [5, 5.41) is 3.69. The minimum absolute atomic E-state index is 0.0184. The Labute approximate surface area is 158 Å². The molecule has 1 aromatic carbocycles. The molecule has 3 heterocycles. The Morgan fingerprint density at radius 3 is 2.73 bits per heavy atom. The fourth-order valence-corrected chi connectivity index (χ4v) is 4.67. The number of thiophene rings is 1. The molecule has 0 N–H and O–H groups in total. The zero-order chi connectivity index (χ0) is 18.5. The van der Waals surface area contributed by atoms with E-state index in [0.29, 0.717) is 0 Å². The monoisotopic (exact) mass is 364 g/mol. The lowest BCUT2D eigenvalue weighted by atomic mass is 9.89. The summed E-state index contributed by atoms with van der Waals surface area (Å²) in [7, 11) is 1.70. The molecule has 0 saturated carbocycles. The number of ether oxygens (including phenoxy) is 1. The highest BCUT2D eigenvalue weighted by Crippen LogP contribution is 2.34. The second kappa shape index (κ2) is 6.13. The maximum absolute atomic E-state index is 5.38. The molecule has 4 rings (SSSR count). The van der Waals surface area contributed by atoms with Crippen LogP contribution in [-0.2, 0) is 11.8 Å². The van der Waals surface area contributed by atoms with Crippen LogP contribution in [0.5, 0.6) is 5.75 Å². The highest BCUT2D eigenvalue weighted by Gasteiger charge is 2.25. The van der Waals surface area contributed by atoms with Crippen LogP contribution in [0, 0.1) is 6.92 Å². The van der Waals surface area contributed by atoms with Crippen LogP contribution in [0.1, 0.15) is 43.3 Å². The first kappa shape index (κ1) is 17.1. The lowest BCUT2D eigenvalue weighted by Crippen LogP contribution is -2.15. The second-order valence-corrected chi connectivity index (χ2v) is 8.75. The number of rotatable bonds is 3. The standard InChI is InChI=1S/C22H24N2OS/c1-14-7-6-8-18-20(14)15(13-26-18)11-17-21(22(2,3)4)23-19-12-16(25-5)9-10-24(17)19/h6-10,12-13H,11H2,1-5H3. The summed E-state index contributed by atoms with van der Waals surface area (Å²) in [6, 6.07) is 10.6. The Bertz CT molecular complexity index is 1100. The van der Waals surface area contributed by atoms with Gasteiger partial charge in [0.05, 0.1) is 18.5 Å². The predicted molar refractivity (Wildman–Crippen MR) is 110 cm³/mol. The van der Waals surface area contributed by atoms with Gasteiger partial charge in [-0.25, -0.2) is 4.98 Å². The van der Waals surface area contributed by atoms with Crippen molar-refractivity contribution in [3.8, 4) is 5.75 Å². The first-order valence-electron chi connectivity index (χ1n) is 8.89. The number of benzene rings is 1. The molecule has 26 heavy (non-hydrogen) atoms. The molecule has 0 spiro atoms. The molecule has 0 saturated heterocycles. The Morgan fingerprint density at radius 1 is 1.19 bits per heavy atom. The van der Waals surface area contributed by atoms with E-state index in [4.69, 9.17) is 9.72 Å². The van der Waals surface area contributed by atoms with E-state index in [2.05, 4.69) is 61.9 Å². The molecule has 4 aromatic rings. The molecular weight excluding hydrogens is 340 g/mol. The van der Waals surface area contributed by atoms with Crippen LogP contribution in [0.25, 0.3) is 15.7 Å². The normalized spacial score (nSPS) is 12.2. The SMILES string of the molecule is COc1ccn2c(Cc3csc4cccc(C)c34)c(C(C)(C)C)nc2c1. The third-order valence-electron chi connectivity index (χ3n) is 4.88. The highest BCUT2D eigenvalue weighted by atomic mass is 32.1. The van der Waals surface area contributed by atoms with Gasteiger partial charge in [-0.05, 0) is 40.9 Å². The lowest BCUT2D eigenvalue weighted by Gasteiger charge is -2.18. The number of hydrogen-bond acceptors (Lipinski definition) is 3. The molecule has 0 unspecified atom stereocenters. The number of hydrogen-bond donors (Lipinski definition) is 0. The first-order chi connectivity index (χ1) is 12.4. The molecule has 0 amide bonds. The van der Waals surface area contributed by atoms with Crippen LogP contribution in [-0.4, -0.2) is 16.5 Å². The summed E-state index contributed by atoms with van der Waals surface area (Å²) >= 11 is 1.83. The molecule has 134 valence electrons. The molecule has 0 fully saturated rings. The Kier molecular flexibility index (Phi) is 4.03. The molecule has 3 aromatic heterocycles. The first-order valence-corrected chi connectivity index (χ1v) is 9.77. The van der Waals surface area contributed by atoms with E-state index in [9.17, 15) is 0 Å². The van der Waals surface area contributed by atoms with Gasteiger partial charge in [0.15, 0.2) is 0 Å². The van der Waals surface area contributed by atoms with Gasteiger partial charge < -0.3 is 9.14 Å². The Balaban J connectivity index is 1.92. The van der Waals surface area contributed by atoms with Crippen molar-refractivity contribution in [3.05, 3.63) is 64.4 Å². The van der Waals surface area contributed by atoms with E-state index in [1.54, 1.807) is 7.11 Å². The zero-order valence-electron chi connectivity index (χ0n) is 16.0. The van der Waals surface area contributed by atoms with E-state index < -0.39 is 0 Å². The van der Waals surface area contributed by atoms with Gasteiger partial charge in [-0.15, -0.1) is 11.3 Å². The Morgan fingerprint density at radius 2 is 2.00 bits per heavy atom. The average molecular weight is 365 g/mol. The maximum Gasteiger partial charge on any atom is 0.140 e. The van der Waals surface area contributed by atoms with Gasteiger partial charge in [0.1, 0.15) is 11.4 Å². The summed E-state index contributed by atoms with van der Waals surface area (Å²) < 4.78 is 8.95. The number of imidazole rings is 1. The van der Waals surface area contributed by atoms with Gasteiger partial charge >= 0.3 is 0 Å². The largest absolute Gasteiger partial charge is 0.497 e. The summed E-state index contributed by atoms with van der Waals surface area (Å²) in [4.78, 5) is 4.96. The minimum atomic E-state index is -0.0184. The van der Waals surface area contributed by atoms with Gasteiger partial charge in [-0.2, -0.15) is 0 Å². The molecule has 0 bridgehead atoms. The molecule has 0 aliphatic heterocycles. The van der Waals surface area contributed by atoms with E-state index in [1.807, 2.05) is 23.5 Å². The maximum atomic E-state index is 5.38. The second-order valence-electron chi connectivity index (χ2n) is 7.84. The minimum Gasteiger partial charge on any atom is -0.497 e. The molecule has 0 aliphatic rings. The topological polar surface area (TPSA) is 26.5 Å². The molecule has 3 nitrogen and oxygen atoms in total. The number of aromatic nitrogens is 2. The highest BCUT2D eigenvalue weighted by molar-refractivity contribution is 7.17. The van der Waals surface area contributed by atoms with Crippen LogP contribution < -0.4 is 4.74 Å². The van der Waals surface area contributed by atoms with Crippen molar-refractivity contribution in [1.29, 1.82) is 0 Å². The number of fused-ring (bicyclic) bond motifs is 2. The summed E-state index contributed by atoms with van der Waals surface area (Å²) in [5.74, 6) is 0.839. The van der Waals surface area contributed by atoms with Gasteiger partial charge in [-0.1, -0.05) is 32.9 Å². The van der Waals surface area contributed by atoms with Crippen LogP contribution in [0.15, 0.2) is 41.9 Å². The smallest absolute Gasteiger partial charge is 0.140 e. The molecule has 4 heteroatoms. The van der Waals surface area contributed by atoms with Crippen molar-refractivity contribution in [2.75, 3.05) is 7.11 Å². The van der Waals surface area contributed by atoms with Gasteiger partial charge in [0, 0.05) is 28.8 Å². The number of aryl methyl sites for hydroxylation is 1. The third-order valence-corrected chi connectivity index (χ3v) is 5.88. The van der Waals surface area contributed by atoms with Crippen molar-refractivity contribution < 1.29 is 4.74 Å². The van der Waals surface area contributed by atoms with Crippen molar-refractivity contribution in [2.24, 2.45) is 0 Å². The summed E-state index contributed by atoms with van der Waals surface area (Å²) in [6.07, 6.45) is 2.96. The van der Waals surface area contributed by atoms with Gasteiger partial charge in [-0.3, -0.25) is 0 Å². The third kappa shape index (κ3) is 2.78. The molecule has 0 aliphatic carbocycles. The van der Waals surface area contributed by atoms with Crippen LogP contribution >= 0.6 is 11.3 Å². The van der Waals surface area contributed by atoms with Crippen molar-refractivity contribution in [3.63, 3.8) is 0 Å². The van der Waals surface area contributed by atoms with Crippen LogP contribution in [0.2, 0.25) is 0 Å². The number of pyridine rings is 1. The van der Waals surface area contributed by atoms with Crippen molar-refractivity contribution in [2.45, 2.75) is 39.5 Å². The average Bonchev–Trinajstić information content (AvgIpc) is 3.17. The van der Waals surface area contributed by atoms with Crippen LogP contribution in [0.3, 0.4) is 0 Å². The lowest BCUT2D eigenvalue weighted by molar-refractivity contribution is 0.414. The van der Waals surface area contributed by atoms with Gasteiger partial charge in [0.25, 0.3) is 0 Å². The van der Waals surface area contributed by atoms with E-state index in [-0.39, 0.29) is 5.41 Å². The Hall–Kier alpha value is -2.33. The fraction of sp³-hybridized carbons (Fsp3) is 0.318. The molecule has 0 atom stereocenters. The van der Waals surface area contributed by atoms with E-state index >= 15 is 0 Å². The van der Waals surface area contributed by atoms with Crippen molar-refractivity contribution in [1.82, 2.24) is 9.38 Å². The summed E-state index contributed by atoms with van der Waals surface area (Å²) in [6.45, 7) is 8.88. The fourth-order valence-electron chi connectivity index (χ4n) is 3.63. The predicted octanol–water partition coefficient (Wildman–Crippen LogP) is 5.75. The summed E-state index contributed by atoms with van der Waals surface area (Å²) in [5.41, 5.74) is 6.06. The zero-order valence-corrected chi connectivity index (χ0v) is 16.8. The quantitative estimate of drug-likeness (QED) is 0.462. The molecule has 0 radical (unpaired) electrons. The van der Waals surface area contributed by atoms with Gasteiger partial charge in [0.2, 0.25) is 0 Å². The number of methoxy groups -OCH3 is 1. The molecular formula is C22H24N2OS. The van der Waals surface area contributed by atoms with E-state index in [1.165, 1.54) is 26.9 Å². The number of nitrogens with zero attached hydrogens (tertiary/aromatic N) is 2. The van der Waals surface area contributed by atoms with Crippen LogP contribution in [0.4, 0.5) is 0 Å². The van der Waals surface area contributed by atoms with Crippen molar-refractivity contribution >= 4 is 27.1 Å². The van der Waals surface area contributed by atoms with E-state index in [0.717, 1.165) is 23.5 Å².